The quantitative estimate of drug-likeness (QED) is 0.914. The molecule has 1 N–H and O–H groups in total. The van der Waals surface area contributed by atoms with Crippen LogP contribution >= 0.6 is 11.3 Å². The van der Waals surface area contributed by atoms with E-state index in [1.165, 1.54) is 68.9 Å². The Morgan fingerprint density at radius 2 is 2.11 bits per heavy atom. The first-order chi connectivity index (χ1) is 9.38. The number of fused-ring (bicyclic) bond motifs is 1. The predicted molar refractivity (Wildman–Crippen MR) is 82.2 cm³/mol. The first-order valence-electron chi connectivity index (χ1n) is 7.86. The van der Waals surface area contributed by atoms with E-state index in [4.69, 9.17) is 4.98 Å². The maximum Gasteiger partial charge on any atom is 0.185 e. The van der Waals surface area contributed by atoms with Crippen LogP contribution in [0, 0.1) is 0 Å². The number of rotatable bonds is 4. The third-order valence-electron chi connectivity index (χ3n) is 4.21. The van der Waals surface area contributed by atoms with Gasteiger partial charge in [0.2, 0.25) is 0 Å². The predicted octanol–water partition coefficient (Wildman–Crippen LogP) is 3.51. The molecule has 1 atom stereocenters. The average Bonchev–Trinajstić information content (AvgIpc) is 2.90. The first kappa shape index (κ1) is 13.4. The SMILES string of the molecule is CCCNC1CCCc2sc(N3CCCCC3)nc21. The molecule has 2 heterocycles. The molecule has 3 rings (SSSR count). The van der Waals surface area contributed by atoms with Gasteiger partial charge in [0, 0.05) is 18.0 Å². The van der Waals surface area contributed by atoms with Crippen molar-refractivity contribution in [2.45, 2.75) is 57.9 Å². The number of nitrogens with zero attached hydrogens (tertiary/aromatic N) is 2. The smallest absolute Gasteiger partial charge is 0.185 e. The van der Waals surface area contributed by atoms with Crippen molar-refractivity contribution in [3.8, 4) is 0 Å². The number of nitrogens with one attached hydrogen (secondary N) is 1. The topological polar surface area (TPSA) is 28.2 Å². The summed E-state index contributed by atoms with van der Waals surface area (Å²) in [5, 5.41) is 4.96. The van der Waals surface area contributed by atoms with Gasteiger partial charge >= 0.3 is 0 Å². The van der Waals surface area contributed by atoms with E-state index in [9.17, 15) is 0 Å². The highest BCUT2D eigenvalue weighted by Crippen LogP contribution is 2.37. The number of hydrogen-bond donors (Lipinski definition) is 1. The molecule has 1 fully saturated rings. The second-order valence-corrected chi connectivity index (χ2v) is 6.81. The van der Waals surface area contributed by atoms with E-state index in [2.05, 4.69) is 17.1 Å². The zero-order valence-electron chi connectivity index (χ0n) is 12.0. The van der Waals surface area contributed by atoms with Crippen molar-refractivity contribution < 1.29 is 0 Å². The summed E-state index contributed by atoms with van der Waals surface area (Å²) in [5.41, 5.74) is 1.37. The molecule has 1 aliphatic carbocycles. The molecule has 1 aliphatic heterocycles. The van der Waals surface area contributed by atoms with Crippen LogP contribution in [0.4, 0.5) is 5.13 Å². The Labute approximate surface area is 120 Å². The second kappa shape index (κ2) is 6.23. The van der Waals surface area contributed by atoms with Gasteiger partial charge in [0.1, 0.15) is 0 Å². The van der Waals surface area contributed by atoms with Crippen molar-refractivity contribution in [2.75, 3.05) is 24.5 Å². The molecule has 2 aliphatic rings. The molecular formula is C15H25N3S. The van der Waals surface area contributed by atoms with Gasteiger partial charge in [0.25, 0.3) is 0 Å². The first-order valence-corrected chi connectivity index (χ1v) is 8.68. The van der Waals surface area contributed by atoms with Crippen molar-refractivity contribution >= 4 is 16.5 Å². The normalized spacial score (nSPS) is 23.4. The van der Waals surface area contributed by atoms with Crippen LogP contribution in [-0.2, 0) is 6.42 Å². The molecule has 1 saturated heterocycles. The molecule has 0 spiro atoms. The van der Waals surface area contributed by atoms with Crippen LogP contribution in [0.1, 0.15) is 62.1 Å². The highest BCUT2D eigenvalue weighted by Gasteiger charge is 2.26. The maximum atomic E-state index is 4.99. The fourth-order valence-electron chi connectivity index (χ4n) is 3.14. The van der Waals surface area contributed by atoms with E-state index < -0.39 is 0 Å². The van der Waals surface area contributed by atoms with Crippen LogP contribution in [0.15, 0.2) is 0 Å². The van der Waals surface area contributed by atoms with E-state index in [-0.39, 0.29) is 0 Å². The maximum absolute atomic E-state index is 4.99. The lowest BCUT2D eigenvalue weighted by atomic mass is 9.97. The molecule has 19 heavy (non-hydrogen) atoms. The van der Waals surface area contributed by atoms with Gasteiger partial charge in [-0.1, -0.05) is 6.92 Å². The lowest BCUT2D eigenvalue weighted by Gasteiger charge is -2.26. The molecule has 1 aromatic heterocycles. The average molecular weight is 279 g/mol. The Kier molecular flexibility index (Phi) is 4.38. The van der Waals surface area contributed by atoms with Gasteiger partial charge in [-0.3, -0.25) is 0 Å². The van der Waals surface area contributed by atoms with Gasteiger partial charge in [-0.05, 0) is 51.5 Å². The van der Waals surface area contributed by atoms with E-state index in [0.717, 1.165) is 6.54 Å². The number of anilines is 1. The minimum absolute atomic E-state index is 0.512. The summed E-state index contributed by atoms with van der Waals surface area (Å²) in [7, 11) is 0. The number of thiazole rings is 1. The number of hydrogen-bond acceptors (Lipinski definition) is 4. The summed E-state index contributed by atoms with van der Waals surface area (Å²) in [5.74, 6) is 0. The number of aromatic nitrogens is 1. The minimum Gasteiger partial charge on any atom is -0.348 e. The Hall–Kier alpha value is -0.610. The summed E-state index contributed by atoms with van der Waals surface area (Å²) >= 11 is 1.95. The molecule has 1 unspecified atom stereocenters. The monoisotopic (exact) mass is 279 g/mol. The van der Waals surface area contributed by atoms with Crippen LogP contribution in [0.2, 0.25) is 0 Å². The lowest BCUT2D eigenvalue weighted by Crippen LogP contribution is -2.29. The van der Waals surface area contributed by atoms with Gasteiger partial charge in [-0.15, -0.1) is 11.3 Å². The van der Waals surface area contributed by atoms with E-state index in [1.807, 2.05) is 11.3 Å². The second-order valence-electron chi connectivity index (χ2n) is 5.75. The zero-order valence-corrected chi connectivity index (χ0v) is 12.8. The number of aryl methyl sites for hydroxylation is 1. The third-order valence-corrected chi connectivity index (χ3v) is 5.40. The Morgan fingerprint density at radius 1 is 1.26 bits per heavy atom. The summed E-state index contributed by atoms with van der Waals surface area (Å²) < 4.78 is 0. The van der Waals surface area contributed by atoms with Crippen LogP contribution in [0.25, 0.3) is 0 Å². The molecule has 0 radical (unpaired) electrons. The molecule has 0 amide bonds. The lowest BCUT2D eigenvalue weighted by molar-refractivity contribution is 0.454. The molecule has 3 nitrogen and oxygen atoms in total. The molecule has 106 valence electrons. The van der Waals surface area contributed by atoms with E-state index >= 15 is 0 Å². The minimum atomic E-state index is 0.512. The van der Waals surface area contributed by atoms with Gasteiger partial charge in [-0.2, -0.15) is 0 Å². The molecule has 4 heteroatoms. The van der Waals surface area contributed by atoms with Gasteiger partial charge in [0.15, 0.2) is 5.13 Å². The van der Waals surface area contributed by atoms with Crippen LogP contribution in [0.3, 0.4) is 0 Å². The summed E-state index contributed by atoms with van der Waals surface area (Å²) in [6, 6.07) is 0.512. The Morgan fingerprint density at radius 3 is 2.89 bits per heavy atom. The fraction of sp³-hybridized carbons (Fsp3) is 0.800. The van der Waals surface area contributed by atoms with Crippen LogP contribution in [-0.4, -0.2) is 24.6 Å². The van der Waals surface area contributed by atoms with Gasteiger partial charge in [-0.25, -0.2) is 4.98 Å². The highest BCUT2D eigenvalue weighted by atomic mass is 32.1. The van der Waals surface area contributed by atoms with E-state index in [0.29, 0.717) is 6.04 Å². The van der Waals surface area contributed by atoms with Crippen molar-refractivity contribution in [1.29, 1.82) is 0 Å². The molecule has 0 bridgehead atoms. The zero-order chi connectivity index (χ0) is 13.1. The van der Waals surface area contributed by atoms with Crippen LogP contribution < -0.4 is 10.2 Å². The van der Waals surface area contributed by atoms with Crippen molar-refractivity contribution in [2.24, 2.45) is 0 Å². The van der Waals surface area contributed by atoms with Crippen LogP contribution in [0.5, 0.6) is 0 Å². The Bertz CT molecular complexity index is 410. The summed E-state index contributed by atoms with van der Waals surface area (Å²) in [6.07, 6.45) is 9.08. The molecule has 1 aromatic rings. The van der Waals surface area contributed by atoms with Crippen molar-refractivity contribution in [3.63, 3.8) is 0 Å². The molecule has 0 aromatic carbocycles. The molecular weight excluding hydrogens is 254 g/mol. The number of piperidine rings is 1. The summed E-state index contributed by atoms with van der Waals surface area (Å²) in [4.78, 5) is 9.04. The van der Waals surface area contributed by atoms with E-state index in [1.54, 1.807) is 4.88 Å². The van der Waals surface area contributed by atoms with Crippen molar-refractivity contribution in [1.82, 2.24) is 10.3 Å². The summed E-state index contributed by atoms with van der Waals surface area (Å²) in [6.45, 7) is 5.76. The standard InChI is InChI=1S/C15H25N3S/c1-2-9-16-12-7-6-8-13-14(12)17-15(19-13)18-10-4-3-5-11-18/h12,16H,2-11H2,1H3. The third kappa shape index (κ3) is 2.95. The van der Waals surface area contributed by atoms with Gasteiger partial charge in [0.05, 0.1) is 11.7 Å². The largest absolute Gasteiger partial charge is 0.348 e. The highest BCUT2D eigenvalue weighted by molar-refractivity contribution is 7.15. The Balaban J connectivity index is 1.76. The fourth-order valence-corrected chi connectivity index (χ4v) is 4.36. The van der Waals surface area contributed by atoms with Crippen molar-refractivity contribution in [3.05, 3.63) is 10.6 Å². The molecule has 0 saturated carbocycles. The van der Waals surface area contributed by atoms with Gasteiger partial charge < -0.3 is 10.2 Å².